The fourth-order valence-electron chi connectivity index (χ4n) is 8.75. The highest BCUT2D eigenvalue weighted by Crippen LogP contribution is 2.83. The third kappa shape index (κ3) is 3.61. The number of allylic oxidation sites excluding steroid dienone is 4. The van der Waals surface area contributed by atoms with E-state index in [0.717, 1.165) is 0 Å². The van der Waals surface area contributed by atoms with E-state index in [1.807, 2.05) is 0 Å². The molecule has 0 spiro atoms. The van der Waals surface area contributed by atoms with Gasteiger partial charge in [-0.15, -0.1) is 13.2 Å². The molecule has 19 heteroatoms. The number of hydrogen-bond acceptors (Lipinski definition) is 0. The summed E-state index contributed by atoms with van der Waals surface area (Å²) in [5, 5.41) is 0. The average Bonchev–Trinajstić information content (AvgIpc) is 3.04. The van der Waals surface area contributed by atoms with E-state index in [1.54, 1.807) is 0 Å². The number of alkyl halides is 19. The minimum Gasteiger partial charge on any atom is -0.250 e. The zero-order chi connectivity index (χ0) is 40.7. The van der Waals surface area contributed by atoms with E-state index in [9.17, 15) is 83.4 Å². The van der Waals surface area contributed by atoms with Crippen molar-refractivity contribution in [2.75, 3.05) is 13.3 Å². The van der Waals surface area contributed by atoms with Gasteiger partial charge in [-0.2, -0.15) is 0 Å². The molecule has 0 amide bonds. The summed E-state index contributed by atoms with van der Waals surface area (Å²) in [4.78, 5) is 0. The van der Waals surface area contributed by atoms with Gasteiger partial charge in [0.25, 0.3) is 29.4 Å². The molecule has 4 rings (SSSR count). The van der Waals surface area contributed by atoms with E-state index in [-0.39, 0.29) is 25.2 Å². The van der Waals surface area contributed by atoms with Gasteiger partial charge in [0.2, 0.25) is 5.67 Å². The summed E-state index contributed by atoms with van der Waals surface area (Å²) in [6, 6.07) is 0. The molecule has 0 aromatic rings. The lowest BCUT2D eigenvalue weighted by molar-refractivity contribution is -0.485. The second-order valence-electron chi connectivity index (χ2n) is 14.7. The van der Waals surface area contributed by atoms with Gasteiger partial charge in [-0.3, -0.25) is 8.78 Å². The molecule has 9 atom stereocenters. The minimum absolute atomic E-state index is 0.145. The van der Waals surface area contributed by atoms with Gasteiger partial charge in [0.05, 0.1) is 16.2 Å². The number of fused-ring (bicyclic) bond motifs is 4. The van der Waals surface area contributed by atoms with Crippen LogP contribution in [0.25, 0.3) is 0 Å². The standard InChI is InChI=1S/C16H16F10.C16H17F9/c1-5-11-7-9(3,8-17)13(19,20)10(4,14(11,21)22)15(23,24)12(18,6-2)16(11,25)26;1-5-12-7-10(3,8-17)14(20,21)11(4,15(12,22)23)16(24,25)13(19,6-2)9(12)18/h5-6H,1-2,7-8H2,3-4H3;5-6,9H,1-2,7-8H2,3-4H3. The topological polar surface area (TPSA) is 0 Å². The molecule has 51 heavy (non-hydrogen) atoms. The molecule has 9 unspecified atom stereocenters. The van der Waals surface area contributed by atoms with Crippen LogP contribution in [0.15, 0.2) is 50.6 Å². The van der Waals surface area contributed by atoms with Crippen molar-refractivity contribution >= 4 is 0 Å². The molecule has 0 aromatic heterocycles. The van der Waals surface area contributed by atoms with Crippen molar-refractivity contribution in [3.8, 4) is 0 Å². The van der Waals surface area contributed by atoms with Crippen molar-refractivity contribution in [1.29, 1.82) is 0 Å². The first-order chi connectivity index (χ1) is 22.4. The van der Waals surface area contributed by atoms with E-state index >= 15 is 0 Å². The fraction of sp³-hybridized carbons (Fsp3) is 0.750. The van der Waals surface area contributed by atoms with Crippen LogP contribution in [0.5, 0.6) is 0 Å². The van der Waals surface area contributed by atoms with Gasteiger partial charge in [0.1, 0.15) is 18.8 Å². The van der Waals surface area contributed by atoms with Gasteiger partial charge in [0.15, 0.2) is 17.0 Å². The Morgan fingerprint density at radius 2 is 0.863 bits per heavy atom. The van der Waals surface area contributed by atoms with Crippen LogP contribution < -0.4 is 0 Å². The smallest absolute Gasteiger partial charge is 0.250 e. The zero-order valence-electron chi connectivity index (χ0n) is 27.2. The maximum Gasteiger partial charge on any atom is 0.307 e. The van der Waals surface area contributed by atoms with Gasteiger partial charge in [-0.05, 0) is 38.8 Å². The molecule has 4 fully saturated rings. The Balaban J connectivity index is 0.000000276. The van der Waals surface area contributed by atoms with Crippen LogP contribution in [-0.4, -0.2) is 72.3 Å². The van der Waals surface area contributed by atoms with Crippen molar-refractivity contribution in [2.45, 2.75) is 99.5 Å². The lowest BCUT2D eigenvalue weighted by Gasteiger charge is -2.69. The molecule has 4 saturated carbocycles. The molecule has 0 N–H and O–H groups in total. The first-order valence-electron chi connectivity index (χ1n) is 14.8. The highest BCUT2D eigenvalue weighted by molar-refractivity contribution is 5.41. The van der Waals surface area contributed by atoms with Gasteiger partial charge >= 0.3 is 17.8 Å². The van der Waals surface area contributed by atoms with Crippen molar-refractivity contribution in [3.05, 3.63) is 50.6 Å². The Morgan fingerprint density at radius 3 is 1.20 bits per heavy atom. The van der Waals surface area contributed by atoms with Gasteiger partial charge in [-0.25, -0.2) is 74.6 Å². The van der Waals surface area contributed by atoms with Gasteiger partial charge in [0, 0.05) is 0 Å². The predicted molar refractivity (Wildman–Crippen MR) is 146 cm³/mol. The molecule has 0 heterocycles. The average molecular weight is 779 g/mol. The molecule has 0 nitrogen and oxygen atoms in total. The van der Waals surface area contributed by atoms with Crippen molar-refractivity contribution in [2.24, 2.45) is 32.5 Å². The second-order valence-corrected chi connectivity index (χ2v) is 14.7. The van der Waals surface area contributed by atoms with Crippen LogP contribution in [0, 0.1) is 32.5 Å². The Morgan fingerprint density at radius 1 is 0.471 bits per heavy atom. The second kappa shape index (κ2) is 10.6. The molecular formula is C32H33F19. The van der Waals surface area contributed by atoms with Crippen LogP contribution in [0.2, 0.25) is 0 Å². The monoisotopic (exact) mass is 778 g/mol. The normalized spacial score (nSPS) is 49.0. The maximum absolute atomic E-state index is 15.0. The summed E-state index contributed by atoms with van der Waals surface area (Å²) < 4.78 is 279. The highest BCUT2D eigenvalue weighted by atomic mass is 19.3. The molecule has 294 valence electrons. The molecule has 0 radical (unpaired) electrons. The van der Waals surface area contributed by atoms with E-state index < -0.39 is 131 Å². The van der Waals surface area contributed by atoms with E-state index in [0.29, 0.717) is 13.8 Å². The van der Waals surface area contributed by atoms with Crippen LogP contribution in [0.3, 0.4) is 0 Å². The Bertz CT molecular complexity index is 1470. The van der Waals surface area contributed by atoms with E-state index in [4.69, 9.17) is 0 Å². The van der Waals surface area contributed by atoms with Gasteiger partial charge in [-0.1, -0.05) is 39.2 Å². The molecule has 0 saturated heterocycles. The Hall–Kier alpha value is -2.37. The summed E-state index contributed by atoms with van der Waals surface area (Å²) in [6.07, 6.45) is -8.27. The predicted octanol–water partition coefficient (Wildman–Crippen LogP) is 11.7. The van der Waals surface area contributed by atoms with E-state index in [1.165, 1.54) is 0 Å². The van der Waals surface area contributed by atoms with Crippen LogP contribution >= 0.6 is 0 Å². The molecular weight excluding hydrogens is 745 g/mol. The highest BCUT2D eigenvalue weighted by Gasteiger charge is 3.01. The number of halogens is 19. The minimum atomic E-state index is -6.00. The van der Waals surface area contributed by atoms with Crippen molar-refractivity contribution in [3.63, 3.8) is 0 Å². The van der Waals surface area contributed by atoms with Crippen LogP contribution in [-0.2, 0) is 0 Å². The first-order valence-corrected chi connectivity index (χ1v) is 14.8. The molecule has 4 bridgehead atoms. The Kier molecular flexibility index (Phi) is 8.98. The Labute approximate surface area is 279 Å². The fourth-order valence-corrected chi connectivity index (χ4v) is 8.75. The van der Waals surface area contributed by atoms with Crippen LogP contribution in [0.4, 0.5) is 83.4 Å². The molecule has 0 aromatic carbocycles. The maximum atomic E-state index is 15.0. The first kappa shape index (κ1) is 43.0. The van der Waals surface area contributed by atoms with E-state index in [2.05, 4.69) is 26.3 Å². The largest absolute Gasteiger partial charge is 0.307 e. The zero-order valence-corrected chi connectivity index (χ0v) is 27.2. The lowest BCUT2D eigenvalue weighted by Crippen LogP contribution is -2.88. The van der Waals surface area contributed by atoms with Crippen LogP contribution in [0.1, 0.15) is 40.5 Å². The SMILES string of the molecule is C=CC1(F)C(F)(F)C2(C=C)CC(C)(CF)C(F)(F)C(C)(C1(F)F)C2(F)F.C=CC1(F)C(F)C2(C=C)CC(C)(CF)C(F)(F)C(C)(C1(F)F)C2(F)F. The third-order valence-electron chi connectivity index (χ3n) is 12.4. The van der Waals surface area contributed by atoms with Crippen molar-refractivity contribution < 1.29 is 83.4 Å². The molecule has 0 aliphatic heterocycles. The summed E-state index contributed by atoms with van der Waals surface area (Å²) in [5.74, 6) is -38.2. The van der Waals surface area contributed by atoms with Gasteiger partial charge < -0.3 is 0 Å². The van der Waals surface area contributed by atoms with Crippen molar-refractivity contribution in [1.82, 2.24) is 0 Å². The number of rotatable bonds is 6. The quantitative estimate of drug-likeness (QED) is 0.186. The summed E-state index contributed by atoms with van der Waals surface area (Å²) in [7, 11) is 0. The third-order valence-corrected chi connectivity index (χ3v) is 12.4. The summed E-state index contributed by atoms with van der Waals surface area (Å²) >= 11 is 0. The lowest BCUT2D eigenvalue weighted by atomic mass is 9.40. The number of hydrogen-bond donors (Lipinski definition) is 0. The molecule has 4 aliphatic carbocycles. The molecule has 4 aliphatic rings. The summed E-state index contributed by atoms with van der Waals surface area (Å²) in [5.41, 5.74) is -33.5. The summed E-state index contributed by atoms with van der Waals surface area (Å²) in [6.45, 7) is 6.82.